The highest BCUT2D eigenvalue weighted by atomic mass is 16.5. The Hall–Kier alpha value is -2.70. The molecule has 0 aliphatic rings. The smallest absolute Gasteiger partial charge is 0.307 e. The van der Waals surface area contributed by atoms with Crippen molar-refractivity contribution in [1.82, 2.24) is 9.80 Å². The number of benzene rings is 2. The number of ether oxygens (including phenoxy) is 2. The number of hydrogen-bond donors (Lipinski definition) is 0. The van der Waals surface area contributed by atoms with Gasteiger partial charge in [0, 0.05) is 13.1 Å². The Balaban J connectivity index is 1.52. The van der Waals surface area contributed by atoms with Crippen LogP contribution in [0.1, 0.15) is 166 Å². The van der Waals surface area contributed by atoms with Crippen molar-refractivity contribution in [3.63, 3.8) is 0 Å². The van der Waals surface area contributed by atoms with E-state index >= 15 is 0 Å². The van der Waals surface area contributed by atoms with Gasteiger partial charge in [0.2, 0.25) is 0 Å². The number of rotatable bonds is 33. The molecule has 52 heavy (non-hydrogen) atoms. The predicted molar refractivity (Wildman–Crippen MR) is 219 cm³/mol. The summed E-state index contributed by atoms with van der Waals surface area (Å²) in [5.74, 6) is -0.293. The Kier molecular flexibility index (Phi) is 26.9. The molecule has 0 N–H and O–H groups in total. The van der Waals surface area contributed by atoms with Gasteiger partial charge in [0.05, 0.1) is 12.8 Å². The first-order chi connectivity index (χ1) is 25.4. The molecule has 0 unspecified atom stereocenters. The minimum absolute atomic E-state index is 0.147. The zero-order valence-corrected chi connectivity index (χ0v) is 33.9. The fourth-order valence-corrected chi connectivity index (χ4v) is 6.59. The molecule has 0 aliphatic heterocycles. The average Bonchev–Trinajstić information content (AvgIpc) is 3.16. The summed E-state index contributed by atoms with van der Waals surface area (Å²) in [5.41, 5.74) is 4.15. The number of carbonyl (C=O) groups excluding carboxylic acids is 2. The normalized spacial score (nSPS) is 11.4. The molecule has 0 aliphatic carbocycles. The molecule has 2 aromatic rings. The number of carbonyl (C=O) groups is 2. The lowest BCUT2D eigenvalue weighted by Gasteiger charge is -2.16. The first-order valence-corrected chi connectivity index (χ1v) is 21.3. The van der Waals surface area contributed by atoms with Crippen LogP contribution in [0.25, 0.3) is 11.1 Å². The lowest BCUT2D eigenvalue weighted by Crippen LogP contribution is -2.23. The highest BCUT2D eigenvalue weighted by molar-refractivity contribution is 5.70. The third kappa shape index (κ3) is 23.8. The largest absolute Gasteiger partial charge is 0.461 e. The lowest BCUT2D eigenvalue weighted by molar-refractivity contribution is -0.146. The number of nitrogens with zero attached hydrogens (tertiary/aromatic N) is 2. The minimum atomic E-state index is -0.147. The van der Waals surface area contributed by atoms with Crippen molar-refractivity contribution in [3.8, 4) is 11.1 Å². The first kappa shape index (κ1) is 45.5. The van der Waals surface area contributed by atoms with Gasteiger partial charge in [-0.15, -0.1) is 0 Å². The van der Waals surface area contributed by atoms with E-state index in [4.69, 9.17) is 9.47 Å². The second-order valence-corrected chi connectivity index (χ2v) is 15.2. The Morgan fingerprint density at radius 2 is 0.712 bits per heavy atom. The third-order valence-electron chi connectivity index (χ3n) is 10.2. The molecule has 0 atom stereocenters. The summed E-state index contributed by atoms with van der Waals surface area (Å²) in [7, 11) is 4.19. The van der Waals surface area contributed by atoms with Gasteiger partial charge in [-0.3, -0.25) is 9.59 Å². The zero-order valence-electron chi connectivity index (χ0n) is 33.9. The Bertz CT molecular complexity index is 1060. The van der Waals surface area contributed by atoms with Gasteiger partial charge in [0.25, 0.3) is 0 Å². The monoisotopic (exact) mass is 721 g/mol. The molecule has 2 rings (SSSR count). The van der Waals surface area contributed by atoms with E-state index in [1.165, 1.54) is 128 Å². The van der Waals surface area contributed by atoms with Crippen LogP contribution in [-0.2, 0) is 32.3 Å². The van der Waals surface area contributed by atoms with Crippen LogP contribution in [-0.4, -0.2) is 62.0 Å². The minimum Gasteiger partial charge on any atom is -0.461 e. The summed E-state index contributed by atoms with van der Waals surface area (Å²) < 4.78 is 11.1. The van der Waals surface area contributed by atoms with Crippen LogP contribution in [0.5, 0.6) is 0 Å². The van der Waals surface area contributed by atoms with Crippen molar-refractivity contribution in [2.45, 2.75) is 168 Å². The van der Waals surface area contributed by atoms with E-state index in [0.717, 1.165) is 48.4 Å². The van der Waals surface area contributed by atoms with Crippen LogP contribution in [0, 0.1) is 0 Å². The summed E-state index contributed by atoms with van der Waals surface area (Å²) in [4.78, 5) is 29.2. The van der Waals surface area contributed by atoms with Gasteiger partial charge in [0.1, 0.15) is 13.2 Å². The standard InChI is InChI=1S/C46H76N2O4/c1-5-7-9-11-13-15-17-19-21-23-35-47(3)37-33-45(49)51-39-41-25-29-43(30-26-41)44-31-27-42(28-32-44)40-52-46(50)34-38-48(4)36-24-22-20-18-16-14-12-10-8-6-2/h25-32H,5-24,33-40H2,1-4H3. The average molecular weight is 721 g/mol. The van der Waals surface area contributed by atoms with Gasteiger partial charge in [0.15, 0.2) is 0 Å². The lowest BCUT2D eigenvalue weighted by atomic mass is 10.0. The molecule has 294 valence electrons. The van der Waals surface area contributed by atoms with Crippen molar-refractivity contribution in [2.24, 2.45) is 0 Å². The summed E-state index contributed by atoms with van der Waals surface area (Å²) in [6.07, 6.45) is 27.6. The van der Waals surface area contributed by atoms with Crippen molar-refractivity contribution in [1.29, 1.82) is 0 Å². The quantitative estimate of drug-likeness (QED) is 0.0540. The summed E-state index contributed by atoms with van der Waals surface area (Å²) in [6.45, 7) is 8.67. The Morgan fingerprint density at radius 3 is 1.02 bits per heavy atom. The van der Waals surface area contributed by atoms with Crippen LogP contribution < -0.4 is 0 Å². The molecule has 0 aromatic heterocycles. The zero-order chi connectivity index (χ0) is 37.5. The number of hydrogen-bond acceptors (Lipinski definition) is 6. The third-order valence-corrected chi connectivity index (χ3v) is 10.2. The maximum Gasteiger partial charge on any atom is 0.307 e. The van der Waals surface area contributed by atoms with E-state index < -0.39 is 0 Å². The molecule has 0 spiro atoms. The second kappa shape index (κ2) is 30.7. The summed E-state index contributed by atoms with van der Waals surface area (Å²) in [5, 5.41) is 0. The molecule has 0 amide bonds. The SMILES string of the molecule is CCCCCCCCCCCCN(C)CCC(=O)OCc1ccc(-c2ccc(COC(=O)CCN(C)CCCCCCCCCCCC)cc2)cc1. The molecular formula is C46H76N2O4. The van der Waals surface area contributed by atoms with Gasteiger partial charge in [-0.05, 0) is 62.3 Å². The summed E-state index contributed by atoms with van der Waals surface area (Å²) >= 11 is 0. The molecule has 6 heteroatoms. The van der Waals surface area contributed by atoms with Gasteiger partial charge in [-0.2, -0.15) is 0 Å². The van der Waals surface area contributed by atoms with E-state index in [9.17, 15) is 9.59 Å². The van der Waals surface area contributed by atoms with E-state index in [1.54, 1.807) is 0 Å². The van der Waals surface area contributed by atoms with Gasteiger partial charge in [-0.1, -0.05) is 178 Å². The Morgan fingerprint density at radius 1 is 0.423 bits per heavy atom. The molecular weight excluding hydrogens is 645 g/mol. The molecule has 0 saturated heterocycles. The topological polar surface area (TPSA) is 59.1 Å². The van der Waals surface area contributed by atoms with Crippen molar-refractivity contribution in [3.05, 3.63) is 59.7 Å². The maximum atomic E-state index is 12.4. The fourth-order valence-electron chi connectivity index (χ4n) is 6.59. The van der Waals surface area contributed by atoms with E-state index in [0.29, 0.717) is 26.1 Å². The molecule has 2 aromatic carbocycles. The highest BCUT2D eigenvalue weighted by Gasteiger charge is 2.09. The van der Waals surface area contributed by atoms with Crippen LogP contribution >= 0.6 is 0 Å². The molecule has 0 heterocycles. The Labute approximate surface area is 319 Å². The van der Waals surface area contributed by atoms with Crippen molar-refractivity contribution < 1.29 is 19.1 Å². The van der Waals surface area contributed by atoms with Gasteiger partial charge >= 0.3 is 11.9 Å². The predicted octanol–water partition coefficient (Wildman–Crippen LogP) is 11.9. The van der Waals surface area contributed by atoms with Crippen LogP contribution in [0.15, 0.2) is 48.5 Å². The van der Waals surface area contributed by atoms with Crippen LogP contribution in [0.4, 0.5) is 0 Å². The molecule has 0 fully saturated rings. The fraction of sp³-hybridized carbons (Fsp3) is 0.696. The second-order valence-electron chi connectivity index (χ2n) is 15.2. The molecule has 0 bridgehead atoms. The summed E-state index contributed by atoms with van der Waals surface area (Å²) in [6, 6.07) is 16.3. The molecule has 0 saturated carbocycles. The number of unbranched alkanes of at least 4 members (excludes halogenated alkanes) is 18. The van der Waals surface area contributed by atoms with Gasteiger partial charge in [-0.25, -0.2) is 0 Å². The van der Waals surface area contributed by atoms with E-state index in [-0.39, 0.29) is 11.9 Å². The van der Waals surface area contributed by atoms with Crippen LogP contribution in [0.2, 0.25) is 0 Å². The van der Waals surface area contributed by atoms with Crippen molar-refractivity contribution in [2.75, 3.05) is 40.3 Å². The maximum absolute atomic E-state index is 12.4. The molecule has 6 nitrogen and oxygen atoms in total. The van der Waals surface area contributed by atoms with Gasteiger partial charge < -0.3 is 19.3 Å². The van der Waals surface area contributed by atoms with Crippen molar-refractivity contribution >= 4 is 11.9 Å². The first-order valence-electron chi connectivity index (χ1n) is 21.3. The van der Waals surface area contributed by atoms with E-state index in [2.05, 4.69) is 62.0 Å². The number of esters is 2. The highest BCUT2D eigenvalue weighted by Crippen LogP contribution is 2.21. The van der Waals surface area contributed by atoms with Crippen LogP contribution in [0.3, 0.4) is 0 Å². The van der Waals surface area contributed by atoms with E-state index in [1.807, 2.05) is 24.3 Å². The molecule has 0 radical (unpaired) electrons.